The zero-order valence-corrected chi connectivity index (χ0v) is 15.2. The summed E-state index contributed by atoms with van der Waals surface area (Å²) in [6.07, 6.45) is -0.722. The molecule has 0 amide bonds. The predicted molar refractivity (Wildman–Crippen MR) is 74.4 cm³/mol. The van der Waals surface area contributed by atoms with Crippen molar-refractivity contribution in [2.24, 2.45) is 0 Å². The van der Waals surface area contributed by atoms with Gasteiger partial charge in [-0.3, -0.25) is 9.05 Å². The Morgan fingerprint density at radius 3 is 2.13 bits per heavy atom. The molecule has 1 aliphatic rings. The average Bonchev–Trinajstić information content (AvgIpc) is 2.74. The predicted octanol–water partition coefficient (Wildman–Crippen LogP) is 1.18. The Hall–Kier alpha value is 0.330. The van der Waals surface area contributed by atoms with E-state index >= 15 is 0 Å². The number of hydrogen-bond acceptors (Lipinski definition) is 9. The Bertz CT molecular complexity index is 536. The fourth-order valence-electron chi connectivity index (χ4n) is 1.82. The van der Waals surface area contributed by atoms with Gasteiger partial charge in [-0.15, -0.1) is 0 Å². The summed E-state index contributed by atoms with van der Waals surface area (Å²) >= 11 is 0. The van der Waals surface area contributed by atoms with Gasteiger partial charge >= 0.3 is 23.5 Å². The zero-order valence-electron chi connectivity index (χ0n) is 12.5. The highest BCUT2D eigenvalue weighted by molar-refractivity contribution is 7.66. The molecule has 23 heavy (non-hydrogen) atoms. The Morgan fingerprint density at radius 1 is 1.04 bits per heavy atom. The zero-order chi connectivity index (χ0) is 17.9. The van der Waals surface area contributed by atoms with Crippen molar-refractivity contribution in [2.45, 2.75) is 31.7 Å². The van der Waals surface area contributed by atoms with E-state index in [1.807, 2.05) is 0 Å². The summed E-state index contributed by atoms with van der Waals surface area (Å²) in [7, 11) is -13.2. The Morgan fingerprint density at radius 2 is 1.61 bits per heavy atom. The van der Waals surface area contributed by atoms with E-state index in [-0.39, 0.29) is 6.10 Å². The number of methoxy groups -OCH3 is 1. The van der Waals surface area contributed by atoms with Crippen LogP contribution in [0.5, 0.6) is 0 Å². The summed E-state index contributed by atoms with van der Waals surface area (Å²) in [4.78, 5) is 27.5. The Balaban J connectivity index is 2.60. The minimum absolute atomic E-state index is 0.165. The van der Waals surface area contributed by atoms with Crippen molar-refractivity contribution in [3.8, 4) is 0 Å². The van der Waals surface area contributed by atoms with Crippen molar-refractivity contribution in [3.05, 3.63) is 0 Å². The molecule has 0 spiro atoms. The largest absolute Gasteiger partial charge is 0.490 e. The van der Waals surface area contributed by atoms with Crippen LogP contribution in [-0.2, 0) is 40.8 Å². The second-order valence-electron chi connectivity index (χ2n) is 4.54. The smallest absolute Gasteiger partial charge is 0.379 e. The molecule has 0 aliphatic carbocycles. The number of phosphoric ester groups is 2. The van der Waals surface area contributed by atoms with Gasteiger partial charge in [0.1, 0.15) is 6.10 Å². The van der Waals surface area contributed by atoms with Crippen LogP contribution in [0.25, 0.3) is 0 Å². The van der Waals surface area contributed by atoms with Crippen molar-refractivity contribution in [1.82, 2.24) is 0 Å². The van der Waals surface area contributed by atoms with E-state index in [1.165, 1.54) is 7.11 Å². The maximum Gasteiger partial charge on any atom is 0.490 e. The molecule has 1 saturated heterocycles. The van der Waals surface area contributed by atoms with E-state index in [2.05, 4.69) is 17.7 Å². The van der Waals surface area contributed by atoms with Gasteiger partial charge in [0.2, 0.25) is 0 Å². The van der Waals surface area contributed by atoms with Crippen LogP contribution in [0.2, 0.25) is 0 Å². The molecule has 0 bridgehead atoms. The van der Waals surface area contributed by atoms with Gasteiger partial charge in [-0.2, -0.15) is 8.62 Å². The van der Waals surface area contributed by atoms with Gasteiger partial charge in [-0.25, -0.2) is 13.7 Å². The maximum atomic E-state index is 11.6. The highest BCUT2D eigenvalue weighted by atomic mass is 31.3. The molecule has 0 aromatic carbocycles. The van der Waals surface area contributed by atoms with Crippen LogP contribution in [-0.4, -0.2) is 53.8 Å². The Labute approximate surface area is 132 Å². The Kier molecular flexibility index (Phi) is 7.56. The van der Waals surface area contributed by atoms with E-state index in [9.17, 15) is 23.5 Å². The lowest BCUT2D eigenvalue weighted by Crippen LogP contribution is -2.27. The summed E-state index contributed by atoms with van der Waals surface area (Å²) in [5.41, 5.74) is 0. The topological polar surface area (TPSA) is 167 Å². The van der Waals surface area contributed by atoms with E-state index in [0.29, 0.717) is 6.42 Å². The van der Waals surface area contributed by atoms with Gasteiger partial charge in [0.15, 0.2) is 0 Å². The lowest BCUT2D eigenvalue weighted by molar-refractivity contribution is -0.0295. The van der Waals surface area contributed by atoms with Gasteiger partial charge < -0.3 is 24.2 Å². The molecule has 0 aromatic rings. The fourth-order valence-corrected chi connectivity index (χ4v) is 5.08. The van der Waals surface area contributed by atoms with Crippen LogP contribution in [0, 0.1) is 0 Å². The first-order valence-corrected chi connectivity index (χ1v) is 10.7. The summed E-state index contributed by atoms with van der Waals surface area (Å²) in [6, 6.07) is 0. The molecule has 0 aromatic heterocycles. The molecule has 3 N–H and O–H groups in total. The quantitative estimate of drug-likeness (QED) is 0.473. The number of rotatable bonds is 9. The first-order valence-electron chi connectivity index (χ1n) is 6.19. The van der Waals surface area contributed by atoms with E-state index in [0.717, 1.165) is 7.11 Å². The van der Waals surface area contributed by atoms with Crippen LogP contribution in [0.3, 0.4) is 0 Å². The molecule has 0 radical (unpaired) electrons. The molecule has 15 heteroatoms. The van der Waals surface area contributed by atoms with Gasteiger partial charge in [0.05, 0.1) is 18.8 Å². The molecular weight excluding hydrogens is 381 g/mol. The lowest BCUT2D eigenvalue weighted by atomic mass is 10.1. The minimum Gasteiger partial charge on any atom is -0.379 e. The molecule has 0 saturated carbocycles. The molecule has 1 aliphatic heterocycles. The van der Waals surface area contributed by atoms with Crippen LogP contribution >= 0.6 is 23.5 Å². The molecular formula is C8H19O12P3. The molecule has 12 nitrogen and oxygen atoms in total. The second kappa shape index (κ2) is 8.14. The summed E-state index contributed by atoms with van der Waals surface area (Å²) in [5.74, 6) is 0. The molecule has 1 heterocycles. The third kappa shape index (κ3) is 7.39. The summed E-state index contributed by atoms with van der Waals surface area (Å²) in [5, 5.41) is 0. The average molecular weight is 400 g/mol. The first-order chi connectivity index (χ1) is 10.4. The highest BCUT2D eigenvalue weighted by Gasteiger charge is 2.43. The van der Waals surface area contributed by atoms with Crippen LogP contribution < -0.4 is 0 Å². The second-order valence-corrected chi connectivity index (χ2v) is 9.28. The number of hydrogen-bond donors (Lipinski definition) is 3. The molecule has 1 rings (SSSR count). The van der Waals surface area contributed by atoms with E-state index in [1.54, 1.807) is 6.92 Å². The minimum atomic E-state index is -5.40. The van der Waals surface area contributed by atoms with Crippen LogP contribution in [0.15, 0.2) is 0 Å². The first kappa shape index (κ1) is 21.4. The van der Waals surface area contributed by atoms with Crippen molar-refractivity contribution in [1.29, 1.82) is 0 Å². The van der Waals surface area contributed by atoms with Gasteiger partial charge in [0, 0.05) is 20.6 Å². The monoisotopic (exact) mass is 400 g/mol. The lowest BCUT2D eigenvalue weighted by Gasteiger charge is -2.20. The normalized spacial score (nSPS) is 32.9. The SMILES string of the molecule is COC1C[C@H](C)O[C@@H]1COP(=O)(O)OP(=O)(O)OP(=O)(O)OC. The molecule has 6 atom stereocenters. The van der Waals surface area contributed by atoms with Gasteiger partial charge in [-0.1, -0.05) is 0 Å². The van der Waals surface area contributed by atoms with Crippen LogP contribution in [0.1, 0.15) is 13.3 Å². The van der Waals surface area contributed by atoms with Crippen molar-refractivity contribution in [3.63, 3.8) is 0 Å². The highest BCUT2D eigenvalue weighted by Crippen LogP contribution is 2.67. The van der Waals surface area contributed by atoms with E-state index < -0.39 is 42.3 Å². The van der Waals surface area contributed by atoms with Crippen molar-refractivity contribution >= 4 is 23.5 Å². The third-order valence-corrected chi connectivity index (χ3v) is 6.97. The fraction of sp³-hybridized carbons (Fsp3) is 1.00. The van der Waals surface area contributed by atoms with E-state index in [4.69, 9.17) is 14.4 Å². The molecule has 138 valence electrons. The van der Waals surface area contributed by atoms with Gasteiger partial charge in [0.25, 0.3) is 0 Å². The molecule has 1 fully saturated rings. The molecule has 4 unspecified atom stereocenters. The number of phosphoric acid groups is 3. The van der Waals surface area contributed by atoms with Crippen LogP contribution in [0.4, 0.5) is 0 Å². The van der Waals surface area contributed by atoms with Crippen molar-refractivity contribution in [2.75, 3.05) is 20.8 Å². The maximum absolute atomic E-state index is 11.6. The standard InChI is InChI=1S/C8H19O12P3/c1-6-4-7(15-2)8(18-6)5-17-22(11,12)20-23(13,14)19-21(9,10)16-3/h6-8H,4-5H2,1-3H3,(H,9,10)(H,11,12)(H,13,14)/t6-,7?,8+/m0/s1. The summed E-state index contributed by atoms with van der Waals surface area (Å²) < 4.78 is 60.6. The summed E-state index contributed by atoms with van der Waals surface area (Å²) in [6.45, 7) is 1.29. The van der Waals surface area contributed by atoms with Crippen molar-refractivity contribution < 1.29 is 55.5 Å². The number of ether oxygens (including phenoxy) is 2. The van der Waals surface area contributed by atoms with Gasteiger partial charge in [-0.05, 0) is 6.92 Å². The third-order valence-electron chi connectivity index (χ3n) is 2.73.